The first-order valence-electron chi connectivity index (χ1n) is 8.92. The molecule has 4 rings (SSSR count). The summed E-state index contributed by atoms with van der Waals surface area (Å²) in [5, 5.41) is 9.79. The van der Waals surface area contributed by atoms with Crippen LogP contribution in [0.4, 0.5) is 0 Å². The molecule has 2 saturated carbocycles. The van der Waals surface area contributed by atoms with Gasteiger partial charge in [0.15, 0.2) is 0 Å². The van der Waals surface area contributed by atoms with Gasteiger partial charge in [-0.15, -0.1) is 0 Å². The van der Waals surface area contributed by atoms with E-state index in [9.17, 15) is 9.90 Å². The molecule has 1 spiro atoms. The molecule has 1 N–H and O–H groups in total. The summed E-state index contributed by atoms with van der Waals surface area (Å²) < 4.78 is 0. The van der Waals surface area contributed by atoms with Gasteiger partial charge >= 0.3 is 0 Å². The fourth-order valence-corrected chi connectivity index (χ4v) is 5.07. The molecule has 3 heteroatoms. The van der Waals surface area contributed by atoms with Crippen LogP contribution in [0.5, 0.6) is 0 Å². The van der Waals surface area contributed by atoms with E-state index in [2.05, 4.69) is 31.2 Å². The lowest BCUT2D eigenvalue weighted by molar-refractivity contribution is -0.171. The first-order valence-corrected chi connectivity index (χ1v) is 8.92. The van der Waals surface area contributed by atoms with Crippen molar-refractivity contribution >= 4 is 5.91 Å². The summed E-state index contributed by atoms with van der Waals surface area (Å²) in [6.45, 7) is 5.93. The van der Waals surface area contributed by atoms with Crippen molar-refractivity contribution < 1.29 is 9.90 Å². The van der Waals surface area contributed by atoms with Crippen molar-refractivity contribution in [3.63, 3.8) is 0 Å². The van der Waals surface area contributed by atoms with Crippen molar-refractivity contribution in [1.82, 2.24) is 4.90 Å². The molecular formula is C20H27NO2. The van der Waals surface area contributed by atoms with Gasteiger partial charge in [0.1, 0.15) is 0 Å². The van der Waals surface area contributed by atoms with Gasteiger partial charge in [-0.25, -0.2) is 0 Å². The molecule has 0 bridgehead atoms. The highest BCUT2D eigenvalue weighted by Crippen LogP contribution is 2.54. The molecule has 124 valence electrons. The first-order chi connectivity index (χ1) is 10.9. The second kappa shape index (κ2) is 5.07. The number of amides is 1. The lowest BCUT2D eigenvalue weighted by atomic mass is 9.56. The predicted octanol–water partition coefficient (Wildman–Crippen LogP) is 2.94. The van der Waals surface area contributed by atoms with E-state index in [0.717, 1.165) is 19.0 Å². The monoisotopic (exact) mass is 313 g/mol. The highest BCUT2D eigenvalue weighted by molar-refractivity contribution is 5.81. The fourth-order valence-electron chi connectivity index (χ4n) is 5.07. The Morgan fingerprint density at radius 2 is 1.87 bits per heavy atom. The number of carbonyl (C=O) groups is 1. The Kier molecular flexibility index (Phi) is 3.35. The third-order valence-electron chi connectivity index (χ3n) is 6.30. The molecule has 23 heavy (non-hydrogen) atoms. The van der Waals surface area contributed by atoms with Crippen molar-refractivity contribution in [2.45, 2.75) is 51.6 Å². The molecule has 1 aromatic carbocycles. The van der Waals surface area contributed by atoms with E-state index in [1.165, 1.54) is 30.4 Å². The first kappa shape index (κ1) is 15.2. The average Bonchev–Trinajstić information content (AvgIpc) is 2.38. The summed E-state index contributed by atoms with van der Waals surface area (Å²) in [5.74, 6) is 1.15. The smallest absolute Gasteiger partial charge is 0.225 e. The summed E-state index contributed by atoms with van der Waals surface area (Å²) in [4.78, 5) is 14.4. The van der Waals surface area contributed by atoms with E-state index in [-0.39, 0.29) is 11.8 Å². The van der Waals surface area contributed by atoms with Gasteiger partial charge < -0.3 is 10.0 Å². The van der Waals surface area contributed by atoms with Gasteiger partial charge in [0.05, 0.1) is 5.60 Å². The van der Waals surface area contributed by atoms with Gasteiger partial charge in [-0.1, -0.05) is 24.3 Å². The van der Waals surface area contributed by atoms with E-state index in [1.807, 2.05) is 11.8 Å². The molecule has 0 aromatic heterocycles. The van der Waals surface area contributed by atoms with Gasteiger partial charge in [0.2, 0.25) is 5.91 Å². The third-order valence-corrected chi connectivity index (χ3v) is 6.30. The second-order valence-electron chi connectivity index (χ2n) is 8.70. The summed E-state index contributed by atoms with van der Waals surface area (Å²) in [6.07, 6.45) is 5.02. The summed E-state index contributed by atoms with van der Waals surface area (Å²) in [7, 11) is 0. The summed E-state index contributed by atoms with van der Waals surface area (Å²) in [5.41, 5.74) is 2.71. The van der Waals surface area contributed by atoms with Crippen LogP contribution in [0.3, 0.4) is 0 Å². The molecule has 1 aromatic rings. The molecule has 1 amide bonds. The predicted molar refractivity (Wildman–Crippen MR) is 90.0 cm³/mol. The van der Waals surface area contributed by atoms with Crippen molar-refractivity contribution in [2.75, 3.05) is 13.1 Å². The normalized spacial score (nSPS) is 32.1. The zero-order valence-corrected chi connectivity index (χ0v) is 14.2. The maximum atomic E-state index is 12.4. The Morgan fingerprint density at radius 3 is 2.48 bits per heavy atom. The van der Waals surface area contributed by atoms with Gasteiger partial charge in [-0.05, 0) is 63.0 Å². The highest BCUT2D eigenvalue weighted by atomic mass is 16.3. The number of likely N-dealkylation sites (tertiary alicyclic amines) is 1. The van der Waals surface area contributed by atoms with Gasteiger partial charge in [-0.3, -0.25) is 4.79 Å². The molecule has 3 fully saturated rings. The van der Waals surface area contributed by atoms with Crippen LogP contribution in [0, 0.1) is 24.2 Å². The van der Waals surface area contributed by atoms with Crippen LogP contribution in [-0.4, -0.2) is 34.6 Å². The van der Waals surface area contributed by atoms with Crippen molar-refractivity contribution in [2.24, 2.45) is 17.3 Å². The number of hydrogen-bond acceptors (Lipinski definition) is 2. The minimum absolute atomic E-state index is 0.0743. The third kappa shape index (κ3) is 2.69. The second-order valence-corrected chi connectivity index (χ2v) is 8.70. The van der Waals surface area contributed by atoms with E-state index < -0.39 is 5.60 Å². The largest absolute Gasteiger partial charge is 0.390 e. The van der Waals surface area contributed by atoms with Crippen LogP contribution in [0.15, 0.2) is 24.3 Å². The Hall–Kier alpha value is -1.35. The molecule has 1 saturated heterocycles. The van der Waals surface area contributed by atoms with Crippen LogP contribution in [-0.2, 0) is 11.2 Å². The minimum atomic E-state index is -0.599. The van der Waals surface area contributed by atoms with E-state index >= 15 is 0 Å². The van der Waals surface area contributed by atoms with Crippen molar-refractivity contribution in [1.29, 1.82) is 0 Å². The number of benzene rings is 1. The SMILES string of the molecule is Cc1ccccc1CC1CC2(C1)CN(C(=O)[C@H]1C[C@@](C)(O)C1)C2. The lowest BCUT2D eigenvalue weighted by Gasteiger charge is -2.60. The number of hydrogen-bond donors (Lipinski definition) is 1. The number of rotatable bonds is 3. The van der Waals surface area contributed by atoms with Crippen molar-refractivity contribution in [3.8, 4) is 0 Å². The maximum absolute atomic E-state index is 12.4. The van der Waals surface area contributed by atoms with Crippen LogP contribution in [0.1, 0.15) is 43.7 Å². The summed E-state index contributed by atoms with van der Waals surface area (Å²) >= 11 is 0. The maximum Gasteiger partial charge on any atom is 0.225 e. The fraction of sp³-hybridized carbons (Fsp3) is 0.650. The van der Waals surface area contributed by atoms with Crippen LogP contribution in [0.25, 0.3) is 0 Å². The lowest BCUT2D eigenvalue weighted by Crippen LogP contribution is -2.66. The highest BCUT2D eigenvalue weighted by Gasteiger charge is 2.55. The molecule has 0 radical (unpaired) electrons. The Labute approximate surface area is 138 Å². The van der Waals surface area contributed by atoms with Gasteiger partial charge in [0.25, 0.3) is 0 Å². The average molecular weight is 313 g/mol. The van der Waals surface area contributed by atoms with E-state index in [0.29, 0.717) is 18.3 Å². The number of aliphatic hydroxyl groups is 1. The quantitative estimate of drug-likeness (QED) is 0.932. The van der Waals surface area contributed by atoms with Crippen LogP contribution >= 0.6 is 0 Å². The van der Waals surface area contributed by atoms with E-state index in [1.54, 1.807) is 0 Å². The molecular weight excluding hydrogens is 286 g/mol. The number of nitrogens with zero attached hydrogens (tertiary/aromatic N) is 1. The number of carbonyl (C=O) groups excluding carboxylic acids is 1. The molecule has 3 aliphatic rings. The topological polar surface area (TPSA) is 40.5 Å². The zero-order valence-electron chi connectivity index (χ0n) is 14.2. The standard InChI is InChI=1S/C20H27NO2/c1-14-5-3-4-6-16(14)7-15-8-20(9-15)12-21(13-20)18(22)17-10-19(2,23)11-17/h3-6,15,17,23H,7-13H2,1-2H3/t17-,19+. The minimum Gasteiger partial charge on any atom is -0.390 e. The molecule has 0 unspecified atom stereocenters. The molecule has 3 nitrogen and oxygen atoms in total. The van der Waals surface area contributed by atoms with Gasteiger partial charge in [0, 0.05) is 24.4 Å². The molecule has 2 aliphatic carbocycles. The molecule has 0 atom stereocenters. The van der Waals surface area contributed by atoms with Crippen LogP contribution in [0.2, 0.25) is 0 Å². The Balaban J connectivity index is 1.24. The van der Waals surface area contributed by atoms with Crippen molar-refractivity contribution in [3.05, 3.63) is 35.4 Å². The van der Waals surface area contributed by atoms with E-state index in [4.69, 9.17) is 0 Å². The Bertz CT molecular complexity index is 614. The van der Waals surface area contributed by atoms with Gasteiger partial charge in [-0.2, -0.15) is 0 Å². The molecule has 1 heterocycles. The zero-order chi connectivity index (χ0) is 16.2. The Morgan fingerprint density at radius 1 is 1.22 bits per heavy atom. The summed E-state index contributed by atoms with van der Waals surface area (Å²) in [6, 6.07) is 8.68. The number of aryl methyl sites for hydroxylation is 1. The molecule has 1 aliphatic heterocycles. The van der Waals surface area contributed by atoms with Crippen LogP contribution < -0.4 is 0 Å².